The summed E-state index contributed by atoms with van der Waals surface area (Å²) in [7, 11) is 0. The molecule has 4 aliphatic rings. The number of aliphatic hydroxyl groups is 1. The van der Waals surface area contributed by atoms with Gasteiger partial charge in [-0.05, 0) is 50.3 Å². The summed E-state index contributed by atoms with van der Waals surface area (Å²) in [4.78, 5) is 15.3. The first kappa shape index (κ1) is 22.1. The number of hydrogen-bond acceptors (Lipinski definition) is 5. The van der Waals surface area contributed by atoms with Crippen molar-refractivity contribution in [1.29, 1.82) is 0 Å². The molecular weight excluding hydrogens is 400 g/mol. The van der Waals surface area contributed by atoms with Gasteiger partial charge in [-0.1, -0.05) is 55.8 Å². The van der Waals surface area contributed by atoms with Crippen molar-refractivity contribution in [3.63, 3.8) is 0 Å². The van der Waals surface area contributed by atoms with E-state index in [1.807, 2.05) is 0 Å². The van der Waals surface area contributed by atoms with E-state index in [0.717, 1.165) is 51.7 Å². The number of nitrogens with zero attached hydrogens (tertiary/aromatic N) is 1. The number of nitrogens with one attached hydrogen (secondary N) is 1. The molecule has 32 heavy (non-hydrogen) atoms. The molecule has 0 amide bonds. The SMILES string of the molecule is C[C@@H]1CCC=C2C[C@H]3OC(=O)C(CNC4CCN(Cc5ccccc5)CC4)[C@H]3[C@H](O)[C@@]21C. The van der Waals surface area contributed by atoms with Crippen molar-refractivity contribution in [3.05, 3.63) is 47.5 Å². The molecular formula is C27H38N2O3. The minimum absolute atomic E-state index is 0.101. The summed E-state index contributed by atoms with van der Waals surface area (Å²) in [6.45, 7) is 8.22. The molecule has 0 spiro atoms. The molecule has 5 nitrogen and oxygen atoms in total. The molecule has 5 rings (SSSR count). The van der Waals surface area contributed by atoms with Gasteiger partial charge in [0, 0.05) is 36.9 Å². The number of allylic oxidation sites excluding steroid dienone is 1. The van der Waals surface area contributed by atoms with Crippen LogP contribution in [0.25, 0.3) is 0 Å². The smallest absolute Gasteiger partial charge is 0.311 e. The van der Waals surface area contributed by atoms with Gasteiger partial charge in [-0.3, -0.25) is 9.69 Å². The van der Waals surface area contributed by atoms with E-state index in [1.165, 1.54) is 11.1 Å². The number of likely N-dealkylation sites (tertiary alicyclic amines) is 1. The summed E-state index contributed by atoms with van der Waals surface area (Å²) in [6.07, 6.45) is 6.76. The van der Waals surface area contributed by atoms with Crippen LogP contribution in [0, 0.1) is 23.2 Å². The highest BCUT2D eigenvalue weighted by Gasteiger charge is 2.59. The molecule has 0 radical (unpaired) electrons. The minimum atomic E-state index is -0.520. The van der Waals surface area contributed by atoms with E-state index < -0.39 is 6.10 Å². The minimum Gasteiger partial charge on any atom is -0.461 e. The van der Waals surface area contributed by atoms with Gasteiger partial charge < -0.3 is 15.2 Å². The fraction of sp³-hybridized carbons (Fsp3) is 0.667. The Labute approximate surface area is 192 Å². The fourth-order valence-corrected chi connectivity index (χ4v) is 6.73. The normalized spacial score (nSPS) is 38.0. The van der Waals surface area contributed by atoms with E-state index in [1.54, 1.807) is 0 Å². The number of aliphatic hydroxyl groups excluding tert-OH is 1. The maximum absolute atomic E-state index is 12.8. The maximum Gasteiger partial charge on any atom is 0.311 e. The monoisotopic (exact) mass is 438 g/mol. The van der Waals surface area contributed by atoms with Crippen LogP contribution in [-0.4, -0.2) is 53.9 Å². The number of carbonyl (C=O) groups excluding carboxylic acids is 1. The summed E-state index contributed by atoms with van der Waals surface area (Å²) >= 11 is 0. The first-order valence-electron chi connectivity index (χ1n) is 12.5. The standard InChI is InChI=1S/C27H38N2O3/c1-18-7-6-10-20-15-23-24(25(30)27(18,20)2)22(26(31)32-23)16-28-21-11-13-29(14-12-21)17-19-8-4-3-5-9-19/h3-5,8-10,18,21-25,28,30H,6-7,11-17H2,1-2H3/t18-,22?,23-,24-,25+,27-/m1/s1. The van der Waals surface area contributed by atoms with Gasteiger partial charge in [0.25, 0.3) is 0 Å². The van der Waals surface area contributed by atoms with Crippen LogP contribution in [0.3, 0.4) is 0 Å². The van der Waals surface area contributed by atoms with Crippen LogP contribution < -0.4 is 5.32 Å². The summed E-state index contributed by atoms with van der Waals surface area (Å²) < 4.78 is 5.81. The van der Waals surface area contributed by atoms with Gasteiger partial charge in [-0.2, -0.15) is 0 Å². The molecule has 5 heteroatoms. The second-order valence-corrected chi connectivity index (χ2v) is 10.7. The quantitative estimate of drug-likeness (QED) is 0.544. The van der Waals surface area contributed by atoms with Gasteiger partial charge in [0.1, 0.15) is 6.10 Å². The molecule has 2 aliphatic carbocycles. The van der Waals surface area contributed by atoms with Crippen molar-refractivity contribution in [1.82, 2.24) is 10.2 Å². The van der Waals surface area contributed by atoms with Crippen molar-refractivity contribution in [2.45, 2.75) is 70.7 Å². The van der Waals surface area contributed by atoms with Crippen molar-refractivity contribution >= 4 is 5.97 Å². The first-order valence-corrected chi connectivity index (χ1v) is 12.5. The average molecular weight is 439 g/mol. The van der Waals surface area contributed by atoms with E-state index in [4.69, 9.17) is 4.74 Å². The number of rotatable bonds is 5. The predicted octanol–water partition coefficient (Wildman–Crippen LogP) is 3.53. The Bertz CT molecular complexity index is 848. The van der Waals surface area contributed by atoms with Gasteiger partial charge in [0.2, 0.25) is 0 Å². The fourth-order valence-electron chi connectivity index (χ4n) is 6.73. The lowest BCUT2D eigenvalue weighted by Crippen LogP contribution is -2.55. The van der Waals surface area contributed by atoms with E-state index in [2.05, 4.69) is 60.5 Å². The van der Waals surface area contributed by atoms with Crippen LogP contribution in [0.1, 0.15) is 51.5 Å². The third-order valence-electron chi connectivity index (χ3n) is 9.03. The zero-order chi connectivity index (χ0) is 22.3. The summed E-state index contributed by atoms with van der Waals surface area (Å²) in [5.74, 6) is -0.0408. The lowest BCUT2D eigenvalue weighted by atomic mass is 9.55. The van der Waals surface area contributed by atoms with E-state index in [0.29, 0.717) is 18.5 Å². The lowest BCUT2D eigenvalue weighted by Gasteiger charge is -2.51. The number of carbonyl (C=O) groups is 1. The average Bonchev–Trinajstić information content (AvgIpc) is 3.11. The summed E-state index contributed by atoms with van der Waals surface area (Å²) in [5.41, 5.74) is 2.44. The molecule has 1 saturated carbocycles. The summed E-state index contributed by atoms with van der Waals surface area (Å²) in [6, 6.07) is 11.1. The Kier molecular flexibility index (Phi) is 6.17. The molecule has 2 aliphatic heterocycles. The molecule has 1 unspecified atom stereocenters. The molecule has 3 fully saturated rings. The lowest BCUT2D eigenvalue weighted by molar-refractivity contribution is -0.144. The van der Waals surface area contributed by atoms with Gasteiger partial charge in [0.15, 0.2) is 0 Å². The van der Waals surface area contributed by atoms with Gasteiger partial charge in [-0.15, -0.1) is 0 Å². The number of esters is 1. The van der Waals surface area contributed by atoms with Crippen molar-refractivity contribution < 1.29 is 14.6 Å². The van der Waals surface area contributed by atoms with Gasteiger partial charge in [0.05, 0.1) is 12.0 Å². The molecule has 1 aromatic rings. The van der Waals surface area contributed by atoms with Crippen LogP contribution in [0.15, 0.2) is 42.0 Å². The molecule has 2 heterocycles. The molecule has 2 saturated heterocycles. The van der Waals surface area contributed by atoms with Crippen LogP contribution in [-0.2, 0) is 16.1 Å². The number of ether oxygens (including phenoxy) is 1. The Balaban J connectivity index is 1.18. The predicted molar refractivity (Wildman–Crippen MR) is 125 cm³/mol. The van der Waals surface area contributed by atoms with Crippen molar-refractivity contribution in [2.75, 3.05) is 19.6 Å². The van der Waals surface area contributed by atoms with E-state index in [-0.39, 0.29) is 29.3 Å². The van der Waals surface area contributed by atoms with Crippen molar-refractivity contribution in [3.8, 4) is 0 Å². The van der Waals surface area contributed by atoms with Crippen LogP contribution >= 0.6 is 0 Å². The zero-order valence-corrected chi connectivity index (χ0v) is 19.5. The second-order valence-electron chi connectivity index (χ2n) is 10.7. The Morgan fingerprint density at radius 2 is 1.94 bits per heavy atom. The van der Waals surface area contributed by atoms with E-state index >= 15 is 0 Å². The molecule has 174 valence electrons. The molecule has 2 N–H and O–H groups in total. The highest BCUT2D eigenvalue weighted by atomic mass is 16.6. The highest BCUT2D eigenvalue weighted by molar-refractivity contribution is 5.76. The van der Waals surface area contributed by atoms with Gasteiger partial charge in [-0.25, -0.2) is 0 Å². The zero-order valence-electron chi connectivity index (χ0n) is 19.5. The van der Waals surface area contributed by atoms with Crippen molar-refractivity contribution in [2.24, 2.45) is 23.2 Å². The Hall–Kier alpha value is -1.69. The molecule has 6 atom stereocenters. The first-order chi connectivity index (χ1) is 15.5. The van der Waals surface area contributed by atoms with Crippen LogP contribution in [0.5, 0.6) is 0 Å². The third kappa shape index (κ3) is 3.93. The Morgan fingerprint density at radius 1 is 1.19 bits per heavy atom. The topological polar surface area (TPSA) is 61.8 Å². The number of benzene rings is 1. The number of hydrogen-bond donors (Lipinski definition) is 2. The highest BCUT2D eigenvalue weighted by Crippen LogP contribution is 2.55. The number of piperidine rings is 1. The van der Waals surface area contributed by atoms with Crippen LogP contribution in [0.4, 0.5) is 0 Å². The van der Waals surface area contributed by atoms with E-state index in [9.17, 15) is 9.90 Å². The third-order valence-corrected chi connectivity index (χ3v) is 9.03. The Morgan fingerprint density at radius 3 is 2.69 bits per heavy atom. The largest absolute Gasteiger partial charge is 0.461 e. The maximum atomic E-state index is 12.8. The van der Waals surface area contributed by atoms with Gasteiger partial charge >= 0.3 is 5.97 Å². The number of fused-ring (bicyclic) bond motifs is 2. The molecule has 0 bridgehead atoms. The summed E-state index contributed by atoms with van der Waals surface area (Å²) in [5, 5.41) is 15.2. The second kappa shape index (κ2) is 8.92. The van der Waals surface area contributed by atoms with Crippen LogP contribution in [0.2, 0.25) is 0 Å². The molecule has 0 aromatic heterocycles. The molecule has 1 aromatic carbocycles.